The highest BCUT2D eigenvalue weighted by molar-refractivity contribution is 5.46. The minimum atomic E-state index is 0.289. The molecule has 2 aromatic rings. The average molecular weight is 330 g/mol. The predicted octanol–water partition coefficient (Wildman–Crippen LogP) is 1.69. The van der Waals surface area contributed by atoms with Crippen LogP contribution < -0.4 is 19.5 Å². The molecular formula is C17H22N4O3. The van der Waals surface area contributed by atoms with E-state index < -0.39 is 0 Å². The summed E-state index contributed by atoms with van der Waals surface area (Å²) in [5, 5.41) is 8.02. The summed E-state index contributed by atoms with van der Waals surface area (Å²) in [5.74, 6) is 4.33. The van der Waals surface area contributed by atoms with Crippen molar-refractivity contribution in [3.8, 4) is 17.2 Å². The molecule has 0 saturated heterocycles. The van der Waals surface area contributed by atoms with Crippen molar-refractivity contribution in [3.63, 3.8) is 0 Å². The van der Waals surface area contributed by atoms with Crippen LogP contribution in [0, 0.1) is 6.92 Å². The van der Waals surface area contributed by atoms with Crippen LogP contribution in [0.2, 0.25) is 0 Å². The maximum atomic E-state index is 5.78. The van der Waals surface area contributed by atoms with Crippen LogP contribution in [0.1, 0.15) is 24.5 Å². The predicted molar refractivity (Wildman–Crippen MR) is 87.5 cm³/mol. The van der Waals surface area contributed by atoms with Gasteiger partial charge in [-0.2, -0.15) is 5.10 Å². The molecule has 2 aliphatic heterocycles. The van der Waals surface area contributed by atoms with Gasteiger partial charge in [0.15, 0.2) is 11.5 Å². The monoisotopic (exact) mass is 330 g/mol. The Morgan fingerprint density at radius 1 is 1.33 bits per heavy atom. The largest absolute Gasteiger partial charge is 0.493 e. The van der Waals surface area contributed by atoms with Gasteiger partial charge in [-0.15, -0.1) is 0 Å². The molecule has 4 rings (SSSR count). The van der Waals surface area contributed by atoms with Gasteiger partial charge in [0.2, 0.25) is 6.79 Å². The summed E-state index contributed by atoms with van der Waals surface area (Å²) in [6.07, 6.45) is 3.06. The first kappa shape index (κ1) is 15.3. The molecule has 1 aromatic carbocycles. The van der Waals surface area contributed by atoms with Crippen LogP contribution in [0.15, 0.2) is 18.2 Å². The molecule has 0 saturated carbocycles. The summed E-state index contributed by atoms with van der Waals surface area (Å²) in [6.45, 7) is 4.74. The second-order valence-electron chi connectivity index (χ2n) is 6.16. The van der Waals surface area contributed by atoms with Crippen molar-refractivity contribution in [3.05, 3.63) is 29.8 Å². The Kier molecular flexibility index (Phi) is 4.25. The van der Waals surface area contributed by atoms with Crippen LogP contribution in [-0.2, 0) is 13.0 Å². The number of nitrogens with zero attached hydrogens (tertiary/aromatic N) is 3. The van der Waals surface area contributed by atoms with Crippen LogP contribution in [0.3, 0.4) is 0 Å². The summed E-state index contributed by atoms with van der Waals surface area (Å²) >= 11 is 0. The minimum Gasteiger partial charge on any atom is -0.493 e. The maximum absolute atomic E-state index is 5.78. The molecule has 0 bridgehead atoms. The molecule has 7 nitrogen and oxygen atoms in total. The number of hydrogen-bond donors (Lipinski definition) is 1. The van der Waals surface area contributed by atoms with Gasteiger partial charge < -0.3 is 19.5 Å². The average Bonchev–Trinajstić information content (AvgIpc) is 3.18. The Balaban J connectivity index is 1.17. The fraction of sp³-hybridized carbons (Fsp3) is 0.529. The standard InChI is InChI=1S/C17H22N4O3/c1-12-19-17-6-3-13(10-21(17)20-12)18-7-2-8-22-14-4-5-15-16(9-14)24-11-23-15/h4-5,9,13,18H,2-3,6-8,10-11H2,1H3/t13-/m1/s1. The molecule has 1 atom stereocenters. The van der Waals surface area contributed by atoms with Crippen molar-refractivity contribution < 1.29 is 14.2 Å². The molecule has 0 radical (unpaired) electrons. The van der Waals surface area contributed by atoms with E-state index in [9.17, 15) is 0 Å². The van der Waals surface area contributed by atoms with E-state index in [0.717, 1.165) is 61.2 Å². The van der Waals surface area contributed by atoms with Crippen molar-refractivity contribution in [2.75, 3.05) is 19.9 Å². The highest BCUT2D eigenvalue weighted by Gasteiger charge is 2.20. The summed E-state index contributed by atoms with van der Waals surface area (Å²) in [4.78, 5) is 4.44. The number of aryl methyl sites for hydroxylation is 2. The number of nitrogens with one attached hydrogen (secondary N) is 1. The SMILES string of the molecule is Cc1nc2n(n1)C[C@H](NCCCOc1ccc3c(c1)OCO3)CC2. The lowest BCUT2D eigenvalue weighted by Gasteiger charge is -2.23. The Bertz CT molecular complexity index is 716. The number of aromatic nitrogens is 3. The molecule has 128 valence electrons. The Hall–Kier alpha value is -2.28. The van der Waals surface area contributed by atoms with E-state index in [1.807, 2.05) is 29.8 Å². The third-order valence-electron chi connectivity index (χ3n) is 4.33. The Morgan fingerprint density at radius 2 is 2.25 bits per heavy atom. The number of fused-ring (bicyclic) bond motifs is 2. The second-order valence-corrected chi connectivity index (χ2v) is 6.16. The minimum absolute atomic E-state index is 0.289. The quantitative estimate of drug-likeness (QED) is 0.813. The lowest BCUT2D eigenvalue weighted by Crippen LogP contribution is -2.38. The summed E-state index contributed by atoms with van der Waals surface area (Å²) in [6, 6.07) is 6.14. The molecule has 7 heteroatoms. The fourth-order valence-electron chi connectivity index (χ4n) is 3.14. The zero-order chi connectivity index (χ0) is 16.4. The van der Waals surface area contributed by atoms with Crippen LogP contribution >= 0.6 is 0 Å². The summed E-state index contributed by atoms with van der Waals surface area (Å²) in [7, 11) is 0. The molecule has 3 heterocycles. The second kappa shape index (κ2) is 6.68. The highest BCUT2D eigenvalue weighted by Crippen LogP contribution is 2.35. The van der Waals surface area contributed by atoms with E-state index in [4.69, 9.17) is 14.2 Å². The first-order valence-corrected chi connectivity index (χ1v) is 8.44. The number of benzene rings is 1. The lowest BCUT2D eigenvalue weighted by molar-refractivity contribution is 0.173. The first-order chi connectivity index (χ1) is 11.8. The lowest BCUT2D eigenvalue weighted by atomic mass is 10.1. The molecule has 0 fully saturated rings. The van der Waals surface area contributed by atoms with Crippen molar-refractivity contribution >= 4 is 0 Å². The van der Waals surface area contributed by atoms with Gasteiger partial charge >= 0.3 is 0 Å². The molecule has 0 amide bonds. The summed E-state index contributed by atoms with van der Waals surface area (Å²) in [5.41, 5.74) is 0. The topological polar surface area (TPSA) is 70.4 Å². The van der Waals surface area contributed by atoms with Gasteiger partial charge in [-0.25, -0.2) is 9.67 Å². The van der Waals surface area contributed by atoms with E-state index >= 15 is 0 Å². The normalized spacial score (nSPS) is 18.5. The van der Waals surface area contributed by atoms with Gasteiger partial charge in [-0.3, -0.25) is 0 Å². The van der Waals surface area contributed by atoms with E-state index in [0.29, 0.717) is 12.6 Å². The summed E-state index contributed by atoms with van der Waals surface area (Å²) < 4.78 is 18.4. The molecule has 2 aliphatic rings. The van der Waals surface area contributed by atoms with Crippen LogP contribution in [0.4, 0.5) is 0 Å². The molecule has 1 N–H and O–H groups in total. The third-order valence-corrected chi connectivity index (χ3v) is 4.33. The number of hydrogen-bond acceptors (Lipinski definition) is 6. The zero-order valence-electron chi connectivity index (χ0n) is 13.8. The molecule has 0 unspecified atom stereocenters. The van der Waals surface area contributed by atoms with Crippen molar-refractivity contribution in [2.45, 2.75) is 38.8 Å². The van der Waals surface area contributed by atoms with Crippen molar-refractivity contribution in [1.29, 1.82) is 0 Å². The molecule has 0 spiro atoms. The van der Waals surface area contributed by atoms with Gasteiger partial charge in [-0.1, -0.05) is 0 Å². The smallest absolute Gasteiger partial charge is 0.231 e. The first-order valence-electron chi connectivity index (χ1n) is 8.44. The molecule has 0 aliphatic carbocycles. The van der Waals surface area contributed by atoms with Crippen LogP contribution in [0.5, 0.6) is 17.2 Å². The van der Waals surface area contributed by atoms with Gasteiger partial charge in [0.1, 0.15) is 17.4 Å². The third kappa shape index (κ3) is 3.31. The molecule has 24 heavy (non-hydrogen) atoms. The van der Waals surface area contributed by atoms with Crippen LogP contribution in [-0.4, -0.2) is 40.8 Å². The molecule has 1 aromatic heterocycles. The Morgan fingerprint density at radius 3 is 3.21 bits per heavy atom. The van der Waals surface area contributed by atoms with E-state index in [2.05, 4.69) is 15.4 Å². The van der Waals surface area contributed by atoms with Gasteiger partial charge in [0.05, 0.1) is 13.2 Å². The van der Waals surface area contributed by atoms with Gasteiger partial charge in [0, 0.05) is 18.5 Å². The van der Waals surface area contributed by atoms with Gasteiger partial charge in [-0.05, 0) is 38.4 Å². The van der Waals surface area contributed by atoms with E-state index in [-0.39, 0.29) is 6.79 Å². The van der Waals surface area contributed by atoms with E-state index in [1.54, 1.807) is 0 Å². The highest BCUT2D eigenvalue weighted by atomic mass is 16.7. The van der Waals surface area contributed by atoms with Gasteiger partial charge in [0.25, 0.3) is 0 Å². The fourth-order valence-corrected chi connectivity index (χ4v) is 3.14. The number of rotatable bonds is 6. The van der Waals surface area contributed by atoms with Crippen molar-refractivity contribution in [2.24, 2.45) is 0 Å². The maximum Gasteiger partial charge on any atom is 0.231 e. The van der Waals surface area contributed by atoms with E-state index in [1.165, 1.54) is 0 Å². The van der Waals surface area contributed by atoms with Crippen LogP contribution in [0.25, 0.3) is 0 Å². The number of ether oxygens (including phenoxy) is 3. The Labute approximate surface area is 140 Å². The van der Waals surface area contributed by atoms with Crippen molar-refractivity contribution in [1.82, 2.24) is 20.1 Å². The molecular weight excluding hydrogens is 308 g/mol. The zero-order valence-corrected chi connectivity index (χ0v) is 13.8.